The largest absolute Gasteiger partial charge is 1.00 e. The summed E-state index contributed by atoms with van der Waals surface area (Å²) in [5.41, 5.74) is 2.21. The molecule has 0 bridgehead atoms. The number of rotatable bonds is 0. The average molecular weight is 340 g/mol. The molecule has 5 heteroatoms. The van der Waals surface area contributed by atoms with E-state index in [4.69, 9.17) is 9.47 Å². The molecule has 1 N–H and O–H groups in total. The van der Waals surface area contributed by atoms with Crippen LogP contribution in [0.4, 0.5) is 0 Å². The van der Waals surface area contributed by atoms with Crippen molar-refractivity contribution in [3.8, 4) is 17.2 Å². The summed E-state index contributed by atoms with van der Waals surface area (Å²) in [6, 6.07) is 11.9. The van der Waals surface area contributed by atoms with E-state index in [1.165, 1.54) is 0 Å². The number of pyridine rings is 2. The fourth-order valence-electron chi connectivity index (χ4n) is 3.30. The van der Waals surface area contributed by atoms with E-state index in [1.807, 2.05) is 41.1 Å². The number of aromatic nitrogens is 1. The Morgan fingerprint density at radius 2 is 1.75 bits per heavy atom. The first kappa shape index (κ1) is 14.8. The third-order valence-corrected chi connectivity index (χ3v) is 4.54. The first-order chi connectivity index (χ1) is 11.2. The number of phenolic OH excluding ortho intramolecular Hbond substituents is 1. The summed E-state index contributed by atoms with van der Waals surface area (Å²) in [5.74, 6) is 1.86. The molecule has 2 aromatic heterocycles. The van der Waals surface area contributed by atoms with Crippen LogP contribution in [0.2, 0.25) is 0 Å². The molecule has 0 radical (unpaired) electrons. The lowest BCUT2D eigenvalue weighted by Crippen LogP contribution is -3.00. The molecule has 5 rings (SSSR count). The molecular weight excluding hydrogens is 326 g/mol. The Kier molecular flexibility index (Phi) is 3.18. The van der Waals surface area contributed by atoms with E-state index in [2.05, 4.69) is 13.0 Å². The smallest absolute Gasteiger partial charge is 0.231 e. The summed E-state index contributed by atoms with van der Waals surface area (Å²) in [4.78, 5) is 0. The fraction of sp³-hybridized carbons (Fsp3) is 0.105. The van der Waals surface area contributed by atoms with Gasteiger partial charge in [0.1, 0.15) is 5.75 Å². The van der Waals surface area contributed by atoms with Crippen LogP contribution in [0.25, 0.3) is 27.1 Å². The van der Waals surface area contributed by atoms with Crippen molar-refractivity contribution in [2.45, 2.75) is 6.92 Å². The number of aryl methyl sites for hydroxylation is 1. The molecular formula is C19H14ClNO3. The maximum atomic E-state index is 10.1. The number of hydrogen-bond acceptors (Lipinski definition) is 3. The first-order valence-electron chi connectivity index (χ1n) is 7.50. The van der Waals surface area contributed by atoms with Crippen LogP contribution < -0.4 is 26.3 Å². The Bertz CT molecular complexity index is 1120. The van der Waals surface area contributed by atoms with Gasteiger partial charge in [-0.3, -0.25) is 0 Å². The summed E-state index contributed by atoms with van der Waals surface area (Å²) in [7, 11) is 0. The molecule has 0 atom stereocenters. The molecule has 24 heavy (non-hydrogen) atoms. The van der Waals surface area contributed by atoms with Crippen LogP contribution in [0.1, 0.15) is 5.56 Å². The predicted octanol–water partition coefficient (Wildman–Crippen LogP) is 0.478. The summed E-state index contributed by atoms with van der Waals surface area (Å²) >= 11 is 0. The Hall–Kier alpha value is -2.72. The monoisotopic (exact) mass is 339 g/mol. The van der Waals surface area contributed by atoms with E-state index in [0.717, 1.165) is 44.1 Å². The van der Waals surface area contributed by atoms with Gasteiger partial charge in [0.25, 0.3) is 0 Å². The van der Waals surface area contributed by atoms with Crippen molar-refractivity contribution in [3.05, 3.63) is 54.4 Å². The van der Waals surface area contributed by atoms with Crippen LogP contribution >= 0.6 is 0 Å². The van der Waals surface area contributed by atoms with Crippen LogP contribution in [0, 0.1) is 6.92 Å². The third kappa shape index (κ3) is 1.96. The number of ether oxygens (including phenoxy) is 2. The summed E-state index contributed by atoms with van der Waals surface area (Å²) in [6.07, 6.45) is 3.97. The summed E-state index contributed by atoms with van der Waals surface area (Å²) in [5, 5.41) is 14.2. The van der Waals surface area contributed by atoms with Gasteiger partial charge in [-0.15, -0.1) is 0 Å². The standard InChI is InChI=1S/C19H13NO3.ClH/c1-11-2-3-17(21)15-9-20-5-4-12-6-18-19(23-10-22-18)8-14(12)16(20)7-13(11)15;/h2-9H,10H2,1H3;1H. The van der Waals surface area contributed by atoms with Crippen LogP contribution in [-0.4, -0.2) is 11.9 Å². The minimum absolute atomic E-state index is 0. The summed E-state index contributed by atoms with van der Waals surface area (Å²) < 4.78 is 13.0. The molecule has 0 fully saturated rings. The fourth-order valence-corrected chi connectivity index (χ4v) is 3.30. The van der Waals surface area contributed by atoms with E-state index < -0.39 is 0 Å². The Morgan fingerprint density at radius 3 is 2.58 bits per heavy atom. The number of phenols is 1. The van der Waals surface area contributed by atoms with Gasteiger partial charge in [0.15, 0.2) is 23.9 Å². The van der Waals surface area contributed by atoms with E-state index >= 15 is 0 Å². The van der Waals surface area contributed by atoms with Gasteiger partial charge in [0, 0.05) is 17.5 Å². The van der Waals surface area contributed by atoms with Crippen molar-refractivity contribution in [1.82, 2.24) is 0 Å². The number of hydrogen-bond donors (Lipinski definition) is 1. The maximum absolute atomic E-state index is 10.1. The second kappa shape index (κ2) is 5.14. The van der Waals surface area contributed by atoms with Gasteiger partial charge >= 0.3 is 0 Å². The van der Waals surface area contributed by atoms with Crippen LogP contribution in [0.3, 0.4) is 0 Å². The highest BCUT2D eigenvalue weighted by Gasteiger charge is 2.19. The van der Waals surface area contributed by atoms with Crippen molar-refractivity contribution < 1.29 is 31.4 Å². The second-order valence-electron chi connectivity index (χ2n) is 5.90. The van der Waals surface area contributed by atoms with Gasteiger partial charge < -0.3 is 27.0 Å². The molecule has 0 spiro atoms. The van der Waals surface area contributed by atoms with Crippen molar-refractivity contribution in [2.75, 3.05) is 6.79 Å². The molecule has 0 saturated carbocycles. The Morgan fingerprint density at radius 1 is 0.958 bits per heavy atom. The van der Waals surface area contributed by atoms with E-state index in [-0.39, 0.29) is 19.2 Å². The van der Waals surface area contributed by atoms with Gasteiger partial charge in [-0.25, -0.2) is 0 Å². The van der Waals surface area contributed by atoms with Crippen LogP contribution in [0.5, 0.6) is 17.2 Å². The van der Waals surface area contributed by atoms with Crippen LogP contribution in [0.15, 0.2) is 48.8 Å². The molecule has 0 unspecified atom stereocenters. The highest BCUT2D eigenvalue weighted by atomic mass is 35.5. The minimum atomic E-state index is 0. The van der Waals surface area contributed by atoms with Crippen molar-refractivity contribution in [1.29, 1.82) is 0 Å². The molecule has 1 aliphatic heterocycles. The quantitative estimate of drug-likeness (QED) is 0.288. The normalized spacial score (nSPS) is 12.7. The molecule has 120 valence electrons. The lowest BCUT2D eigenvalue weighted by molar-refractivity contribution is -0.509. The van der Waals surface area contributed by atoms with Gasteiger partial charge in [0.2, 0.25) is 12.3 Å². The lowest BCUT2D eigenvalue weighted by atomic mass is 10.0. The Balaban J connectivity index is 0.00000146. The lowest BCUT2D eigenvalue weighted by Gasteiger charge is -2.05. The molecule has 2 aromatic carbocycles. The number of halogens is 1. The van der Waals surface area contributed by atoms with Crippen molar-refractivity contribution >= 4 is 27.1 Å². The van der Waals surface area contributed by atoms with E-state index in [1.54, 1.807) is 6.07 Å². The number of aromatic hydroxyl groups is 1. The van der Waals surface area contributed by atoms with Gasteiger partial charge in [-0.05, 0) is 36.1 Å². The number of benzene rings is 2. The van der Waals surface area contributed by atoms with E-state index in [9.17, 15) is 5.11 Å². The molecule has 4 aromatic rings. The van der Waals surface area contributed by atoms with E-state index in [0.29, 0.717) is 5.75 Å². The average Bonchev–Trinajstić information content (AvgIpc) is 3.02. The molecule has 1 aliphatic rings. The molecule has 3 heterocycles. The predicted molar refractivity (Wildman–Crippen MR) is 87.1 cm³/mol. The number of nitrogens with zero attached hydrogens (tertiary/aromatic N) is 1. The molecule has 0 saturated heterocycles. The zero-order valence-electron chi connectivity index (χ0n) is 12.9. The highest BCUT2D eigenvalue weighted by molar-refractivity contribution is 6.00. The van der Waals surface area contributed by atoms with Gasteiger partial charge in [-0.2, -0.15) is 4.40 Å². The molecule has 0 amide bonds. The van der Waals surface area contributed by atoms with Gasteiger partial charge in [0.05, 0.1) is 10.8 Å². The first-order valence-corrected chi connectivity index (χ1v) is 7.50. The van der Waals surface area contributed by atoms with Crippen molar-refractivity contribution in [3.63, 3.8) is 0 Å². The Labute approximate surface area is 144 Å². The second-order valence-corrected chi connectivity index (χ2v) is 5.90. The van der Waals surface area contributed by atoms with Crippen molar-refractivity contribution in [2.24, 2.45) is 0 Å². The zero-order chi connectivity index (χ0) is 15.6. The summed E-state index contributed by atoms with van der Waals surface area (Å²) in [6.45, 7) is 2.32. The molecule has 4 nitrogen and oxygen atoms in total. The van der Waals surface area contributed by atoms with Gasteiger partial charge in [-0.1, -0.05) is 6.07 Å². The van der Waals surface area contributed by atoms with Crippen LogP contribution in [-0.2, 0) is 0 Å². The SMILES string of the molecule is Cc1ccc(O)c2c[n+]3ccc4cc5c(cc4c3cc12)OCO5.[Cl-]. The minimum Gasteiger partial charge on any atom is -1.00 e. The zero-order valence-corrected chi connectivity index (χ0v) is 13.7. The third-order valence-electron chi connectivity index (χ3n) is 4.54. The molecule has 0 aliphatic carbocycles. The number of fused-ring (bicyclic) bond motifs is 5. The maximum Gasteiger partial charge on any atom is 0.231 e. The highest BCUT2D eigenvalue weighted by Crippen LogP contribution is 2.37. The topological polar surface area (TPSA) is 42.8 Å².